The first-order chi connectivity index (χ1) is 22.7. The van der Waals surface area contributed by atoms with Gasteiger partial charge in [0.1, 0.15) is 11.4 Å². The number of pyridine rings is 2. The maximum absolute atomic E-state index is 12.9. The van der Waals surface area contributed by atoms with Gasteiger partial charge in [-0.15, -0.1) is 0 Å². The van der Waals surface area contributed by atoms with Gasteiger partial charge in [0.15, 0.2) is 0 Å². The third kappa shape index (κ3) is 10.4. The van der Waals surface area contributed by atoms with Crippen LogP contribution in [0.25, 0.3) is 0 Å². The average molecular weight is 643 g/mol. The van der Waals surface area contributed by atoms with Crippen molar-refractivity contribution in [1.29, 1.82) is 0 Å². The second-order valence-corrected chi connectivity index (χ2v) is 15.9. The smallest absolute Gasteiger partial charge is 0.270 e. The molecule has 6 heteroatoms. The van der Waals surface area contributed by atoms with Crippen molar-refractivity contribution in [2.75, 3.05) is 0 Å². The molecule has 2 aromatic heterocycles. The van der Waals surface area contributed by atoms with Crippen LogP contribution in [0.1, 0.15) is 205 Å². The van der Waals surface area contributed by atoms with Gasteiger partial charge in [-0.05, 0) is 95.9 Å². The van der Waals surface area contributed by atoms with Crippen molar-refractivity contribution in [2.24, 2.45) is 0 Å². The highest BCUT2D eigenvalue weighted by Crippen LogP contribution is 2.35. The predicted molar refractivity (Wildman–Crippen MR) is 192 cm³/mol. The van der Waals surface area contributed by atoms with Gasteiger partial charge in [-0.25, -0.2) is 9.97 Å². The van der Waals surface area contributed by atoms with E-state index in [0.717, 1.165) is 42.6 Å². The van der Waals surface area contributed by atoms with Crippen molar-refractivity contribution in [3.05, 3.63) is 58.7 Å². The van der Waals surface area contributed by atoms with Gasteiger partial charge in [0.05, 0.1) is 0 Å². The van der Waals surface area contributed by atoms with Crippen LogP contribution in [0.3, 0.4) is 0 Å². The Hall–Kier alpha value is -2.76. The summed E-state index contributed by atoms with van der Waals surface area (Å²) >= 11 is 0. The molecular formula is C41H62N4O2. The Bertz CT molecular complexity index is 1290. The second-order valence-electron chi connectivity index (χ2n) is 15.9. The summed E-state index contributed by atoms with van der Waals surface area (Å²) in [5, 5.41) is 6.63. The predicted octanol–water partition coefficient (Wildman–Crippen LogP) is 10.3. The Kier molecular flexibility index (Phi) is 12.9. The summed E-state index contributed by atoms with van der Waals surface area (Å²) < 4.78 is 0. The summed E-state index contributed by atoms with van der Waals surface area (Å²) in [5.41, 5.74) is 4.31. The maximum atomic E-state index is 12.9. The van der Waals surface area contributed by atoms with Gasteiger partial charge in [0.25, 0.3) is 11.8 Å². The van der Waals surface area contributed by atoms with Crippen LogP contribution in [0.2, 0.25) is 0 Å². The van der Waals surface area contributed by atoms with Gasteiger partial charge in [0.2, 0.25) is 0 Å². The van der Waals surface area contributed by atoms with E-state index >= 15 is 0 Å². The molecule has 6 rings (SSSR count). The van der Waals surface area contributed by atoms with Crippen LogP contribution >= 0.6 is 0 Å². The number of aryl methyl sites for hydroxylation is 1. The molecule has 0 unspecified atom stereocenters. The van der Waals surface area contributed by atoms with Gasteiger partial charge in [-0.1, -0.05) is 102 Å². The lowest BCUT2D eigenvalue weighted by molar-refractivity contribution is 0.0874. The Morgan fingerprint density at radius 3 is 1.53 bits per heavy atom. The average Bonchev–Trinajstić information content (AvgIpc) is 3.78. The fraction of sp³-hybridized carbons (Fsp3) is 0.707. The Morgan fingerprint density at radius 2 is 1.02 bits per heavy atom. The van der Waals surface area contributed by atoms with E-state index in [0.29, 0.717) is 23.2 Å². The van der Waals surface area contributed by atoms with E-state index in [1.165, 1.54) is 116 Å². The first-order valence-electron chi connectivity index (χ1n) is 19.3. The lowest BCUT2D eigenvalue weighted by Gasteiger charge is -2.32. The zero-order valence-electron chi connectivity index (χ0n) is 29.8. The Balaban J connectivity index is 0.000000185. The molecule has 0 aromatic carbocycles. The van der Waals surface area contributed by atoms with Crippen LogP contribution < -0.4 is 10.6 Å². The van der Waals surface area contributed by atoms with E-state index in [1.807, 2.05) is 19.1 Å². The molecule has 47 heavy (non-hydrogen) atoms. The highest BCUT2D eigenvalue weighted by molar-refractivity contribution is 5.94. The van der Waals surface area contributed by atoms with Crippen molar-refractivity contribution >= 4 is 11.8 Å². The van der Waals surface area contributed by atoms with Gasteiger partial charge in [-0.2, -0.15) is 0 Å². The summed E-state index contributed by atoms with van der Waals surface area (Å²) in [6.45, 7) is 6.42. The Labute approximate surface area is 285 Å². The minimum absolute atomic E-state index is 0.00733. The van der Waals surface area contributed by atoms with Crippen LogP contribution in [0, 0.1) is 6.92 Å². The van der Waals surface area contributed by atoms with Crippen molar-refractivity contribution in [1.82, 2.24) is 20.6 Å². The number of amides is 2. The third-order valence-corrected chi connectivity index (χ3v) is 11.6. The summed E-state index contributed by atoms with van der Waals surface area (Å²) in [6, 6.07) is 10.1. The first-order valence-corrected chi connectivity index (χ1v) is 19.3. The number of nitrogens with one attached hydrogen (secondary N) is 2. The van der Waals surface area contributed by atoms with Gasteiger partial charge in [0, 0.05) is 34.3 Å². The third-order valence-electron chi connectivity index (χ3n) is 11.6. The van der Waals surface area contributed by atoms with Crippen LogP contribution in [0.15, 0.2) is 30.3 Å². The normalized spacial score (nSPS) is 22.1. The van der Waals surface area contributed by atoms with Crippen LogP contribution in [-0.4, -0.2) is 32.9 Å². The molecule has 0 saturated heterocycles. The van der Waals surface area contributed by atoms with Crippen molar-refractivity contribution in [3.8, 4) is 0 Å². The molecule has 2 aromatic rings. The first kappa shape index (κ1) is 35.5. The lowest BCUT2D eigenvalue weighted by Crippen LogP contribution is -2.46. The summed E-state index contributed by atoms with van der Waals surface area (Å²) in [5.74, 6) is 1.14. The zero-order valence-corrected chi connectivity index (χ0v) is 29.8. The lowest BCUT2D eigenvalue weighted by atomic mass is 9.85. The number of aromatic nitrogens is 2. The van der Waals surface area contributed by atoms with Crippen LogP contribution in [0.5, 0.6) is 0 Å². The number of rotatable bonds is 6. The number of hydrogen-bond acceptors (Lipinski definition) is 4. The molecule has 0 radical (unpaired) electrons. The topological polar surface area (TPSA) is 84.0 Å². The Morgan fingerprint density at radius 1 is 0.574 bits per heavy atom. The van der Waals surface area contributed by atoms with Gasteiger partial charge >= 0.3 is 0 Å². The molecule has 2 heterocycles. The monoisotopic (exact) mass is 642 g/mol. The molecule has 6 nitrogen and oxygen atoms in total. The highest BCUT2D eigenvalue weighted by Gasteiger charge is 2.30. The highest BCUT2D eigenvalue weighted by atomic mass is 16.2. The number of hydrogen-bond donors (Lipinski definition) is 2. The summed E-state index contributed by atoms with van der Waals surface area (Å²) in [7, 11) is 0. The minimum atomic E-state index is -0.0744. The van der Waals surface area contributed by atoms with E-state index in [9.17, 15) is 9.59 Å². The van der Waals surface area contributed by atoms with Crippen molar-refractivity contribution < 1.29 is 9.59 Å². The number of carbonyl (C=O) groups excluding carboxylic acids is 2. The van der Waals surface area contributed by atoms with Crippen LogP contribution in [0.4, 0.5) is 0 Å². The zero-order chi connectivity index (χ0) is 33.1. The van der Waals surface area contributed by atoms with E-state index in [1.54, 1.807) is 0 Å². The van der Waals surface area contributed by atoms with Gasteiger partial charge in [-0.3, -0.25) is 9.59 Å². The summed E-state index contributed by atoms with van der Waals surface area (Å²) in [4.78, 5) is 35.1. The molecule has 4 aliphatic rings. The van der Waals surface area contributed by atoms with Gasteiger partial charge < -0.3 is 10.6 Å². The second kappa shape index (κ2) is 17.1. The molecule has 0 atom stereocenters. The number of nitrogens with zero attached hydrogens (tertiary/aromatic N) is 2. The molecule has 4 fully saturated rings. The molecule has 258 valence electrons. The van der Waals surface area contributed by atoms with E-state index < -0.39 is 0 Å². The molecule has 0 aliphatic heterocycles. The molecule has 2 amide bonds. The SMILES string of the molecule is CC1(NC(=O)c2cccc(C3CCCC3)n2)CCCCCCC1.Cc1ccc(C2CCCC2)nc1C(=O)NC1(C)CCCCCCC1. The largest absolute Gasteiger partial charge is 0.346 e. The quantitative estimate of drug-likeness (QED) is 0.328. The van der Waals surface area contributed by atoms with E-state index in [4.69, 9.17) is 4.98 Å². The molecule has 2 N–H and O–H groups in total. The molecule has 0 bridgehead atoms. The summed E-state index contributed by atoms with van der Waals surface area (Å²) in [6.07, 6.45) is 27.1. The van der Waals surface area contributed by atoms with E-state index in [-0.39, 0.29) is 22.9 Å². The molecule has 0 spiro atoms. The standard InChI is InChI=1S/C21H32N2O.C20H30N2O/c1-16-12-13-18(17-10-6-7-11-17)22-19(16)20(24)23-21(2)14-8-4-3-5-9-15-21;1-20(14-7-3-2-4-8-15-20)22-19(23)18-13-9-12-17(21-18)16-10-5-6-11-16/h12-13,17H,3-11,14-15H2,1-2H3,(H,23,24);9,12-13,16H,2-8,10-11,14-15H2,1H3,(H,22,23). The molecule has 4 aliphatic carbocycles. The van der Waals surface area contributed by atoms with E-state index in [2.05, 4.69) is 47.7 Å². The molecular weight excluding hydrogens is 580 g/mol. The van der Waals surface area contributed by atoms with Crippen molar-refractivity contribution in [3.63, 3.8) is 0 Å². The molecule has 4 saturated carbocycles. The fourth-order valence-electron chi connectivity index (χ4n) is 8.54. The number of carbonyl (C=O) groups is 2. The minimum Gasteiger partial charge on any atom is -0.346 e. The fourth-order valence-corrected chi connectivity index (χ4v) is 8.54. The van der Waals surface area contributed by atoms with Crippen LogP contribution in [-0.2, 0) is 0 Å². The van der Waals surface area contributed by atoms with Crippen molar-refractivity contribution in [2.45, 2.75) is 185 Å². The maximum Gasteiger partial charge on any atom is 0.270 e.